The Hall–Kier alpha value is -3.43. The van der Waals surface area contributed by atoms with Crippen molar-refractivity contribution in [1.29, 1.82) is 0 Å². The maximum absolute atomic E-state index is 5.02. The Bertz CT molecular complexity index is 1420. The minimum Gasteiger partial charge on any atom is -0.367 e. The van der Waals surface area contributed by atoms with Gasteiger partial charge in [-0.15, -0.1) is 10.2 Å². The van der Waals surface area contributed by atoms with E-state index in [-0.39, 0.29) is 0 Å². The van der Waals surface area contributed by atoms with E-state index in [9.17, 15) is 0 Å². The molecule has 4 aromatic heterocycles. The first-order valence-electron chi connectivity index (χ1n) is 10.6. The summed E-state index contributed by atoms with van der Waals surface area (Å²) in [6.07, 6.45) is 5.94. The summed E-state index contributed by atoms with van der Waals surface area (Å²) in [7, 11) is 1.92. The second kappa shape index (κ2) is 7.92. The van der Waals surface area contributed by atoms with E-state index in [4.69, 9.17) is 4.98 Å². The first kappa shape index (κ1) is 19.3. The van der Waals surface area contributed by atoms with Crippen LogP contribution in [0.4, 0.5) is 5.69 Å². The SMILES string of the molecule is Cn1cc(-c2ccc3nnc(Sc4nc5ccccc5cc4N4CCNCC4)n3c2)cn1. The van der Waals surface area contributed by atoms with Crippen LogP contribution in [0.1, 0.15) is 0 Å². The minimum atomic E-state index is 0.796. The van der Waals surface area contributed by atoms with Gasteiger partial charge in [-0.1, -0.05) is 18.2 Å². The van der Waals surface area contributed by atoms with Crippen LogP contribution in [0.2, 0.25) is 0 Å². The molecule has 1 aliphatic heterocycles. The number of aryl methyl sites for hydroxylation is 1. The van der Waals surface area contributed by atoms with Gasteiger partial charge in [-0.05, 0) is 36.0 Å². The van der Waals surface area contributed by atoms with Crippen molar-refractivity contribution >= 4 is 34.0 Å². The lowest BCUT2D eigenvalue weighted by Gasteiger charge is -2.30. The maximum atomic E-state index is 5.02. The third-order valence-electron chi connectivity index (χ3n) is 5.72. The van der Waals surface area contributed by atoms with Crippen molar-refractivity contribution in [2.75, 3.05) is 31.1 Å². The number of hydrogen-bond donors (Lipinski definition) is 1. The number of fused-ring (bicyclic) bond motifs is 2. The zero-order valence-electron chi connectivity index (χ0n) is 17.6. The van der Waals surface area contributed by atoms with Crippen LogP contribution in [0.3, 0.4) is 0 Å². The fraction of sp³-hybridized carbons (Fsp3) is 0.217. The van der Waals surface area contributed by atoms with Crippen molar-refractivity contribution in [3.63, 3.8) is 0 Å². The Morgan fingerprint density at radius 2 is 1.84 bits per heavy atom. The average Bonchev–Trinajstić information content (AvgIpc) is 3.45. The van der Waals surface area contributed by atoms with Gasteiger partial charge in [0.15, 0.2) is 5.65 Å². The molecule has 9 heteroatoms. The minimum absolute atomic E-state index is 0.796. The highest BCUT2D eigenvalue weighted by atomic mass is 32.2. The number of hydrogen-bond acceptors (Lipinski definition) is 7. The van der Waals surface area contributed by atoms with Crippen LogP contribution >= 0.6 is 11.8 Å². The highest BCUT2D eigenvalue weighted by Crippen LogP contribution is 2.36. The molecule has 0 saturated carbocycles. The topological polar surface area (TPSA) is 76.2 Å². The Kier molecular flexibility index (Phi) is 4.77. The second-order valence-corrected chi connectivity index (χ2v) is 8.83. The van der Waals surface area contributed by atoms with E-state index in [0.29, 0.717) is 0 Å². The van der Waals surface area contributed by atoms with Crippen LogP contribution in [0.25, 0.3) is 27.7 Å². The van der Waals surface area contributed by atoms with Crippen molar-refractivity contribution in [2.45, 2.75) is 10.2 Å². The van der Waals surface area contributed by atoms with E-state index in [0.717, 1.165) is 69.7 Å². The molecular weight excluding hydrogens is 420 g/mol. The molecular formula is C23H22N8S. The number of pyridine rings is 2. The highest BCUT2D eigenvalue weighted by Gasteiger charge is 2.19. The molecule has 1 aromatic carbocycles. The lowest BCUT2D eigenvalue weighted by atomic mass is 10.2. The van der Waals surface area contributed by atoms with Gasteiger partial charge in [-0.25, -0.2) is 4.98 Å². The predicted octanol–water partition coefficient (Wildman–Crippen LogP) is 3.24. The van der Waals surface area contributed by atoms with Gasteiger partial charge in [0.05, 0.1) is 17.4 Å². The van der Waals surface area contributed by atoms with Crippen LogP contribution in [0.15, 0.2) is 71.2 Å². The van der Waals surface area contributed by atoms with Crippen molar-refractivity contribution in [3.8, 4) is 11.1 Å². The summed E-state index contributed by atoms with van der Waals surface area (Å²) < 4.78 is 3.84. The molecule has 1 saturated heterocycles. The van der Waals surface area contributed by atoms with E-state index in [1.807, 2.05) is 36.0 Å². The van der Waals surface area contributed by atoms with Gasteiger partial charge in [0.1, 0.15) is 5.03 Å². The van der Waals surface area contributed by atoms with E-state index in [1.165, 1.54) is 0 Å². The van der Waals surface area contributed by atoms with Gasteiger partial charge < -0.3 is 10.2 Å². The molecule has 160 valence electrons. The van der Waals surface area contributed by atoms with Crippen molar-refractivity contribution in [1.82, 2.24) is 34.7 Å². The third-order valence-corrected chi connectivity index (χ3v) is 6.68. The molecule has 0 bridgehead atoms. The van der Waals surface area contributed by atoms with Crippen molar-refractivity contribution in [2.24, 2.45) is 7.05 Å². The molecule has 1 N–H and O–H groups in total. The quantitative estimate of drug-likeness (QED) is 0.458. The lowest BCUT2D eigenvalue weighted by molar-refractivity contribution is 0.586. The monoisotopic (exact) mass is 442 g/mol. The molecule has 1 aliphatic rings. The zero-order chi connectivity index (χ0) is 21.5. The van der Waals surface area contributed by atoms with Gasteiger partial charge >= 0.3 is 0 Å². The summed E-state index contributed by atoms with van der Waals surface area (Å²) in [6, 6.07) is 14.6. The summed E-state index contributed by atoms with van der Waals surface area (Å²) in [6.45, 7) is 3.86. The van der Waals surface area contributed by atoms with E-state index >= 15 is 0 Å². The fourth-order valence-electron chi connectivity index (χ4n) is 4.06. The number of piperazine rings is 1. The third kappa shape index (κ3) is 3.49. The molecule has 0 amide bonds. The number of nitrogens with zero attached hydrogens (tertiary/aromatic N) is 7. The average molecular weight is 443 g/mol. The van der Waals surface area contributed by atoms with Gasteiger partial charge in [-0.3, -0.25) is 9.08 Å². The van der Waals surface area contributed by atoms with E-state index < -0.39 is 0 Å². The van der Waals surface area contributed by atoms with Crippen LogP contribution < -0.4 is 10.2 Å². The molecule has 6 rings (SSSR count). The molecule has 0 unspecified atom stereocenters. The number of anilines is 1. The molecule has 0 radical (unpaired) electrons. The van der Waals surface area contributed by atoms with Gasteiger partial charge in [0.2, 0.25) is 5.16 Å². The Labute approximate surface area is 189 Å². The Balaban J connectivity index is 1.44. The number of benzene rings is 1. The van der Waals surface area contributed by atoms with E-state index in [2.05, 4.69) is 62.0 Å². The summed E-state index contributed by atoms with van der Waals surface area (Å²) >= 11 is 1.56. The zero-order valence-corrected chi connectivity index (χ0v) is 18.5. The number of nitrogens with one attached hydrogen (secondary N) is 1. The first-order valence-corrected chi connectivity index (χ1v) is 11.4. The van der Waals surface area contributed by atoms with Crippen LogP contribution in [0, 0.1) is 0 Å². The van der Waals surface area contributed by atoms with Crippen LogP contribution in [-0.2, 0) is 7.05 Å². The van der Waals surface area contributed by atoms with Crippen molar-refractivity contribution < 1.29 is 0 Å². The molecule has 5 heterocycles. The second-order valence-electron chi connectivity index (χ2n) is 7.88. The summed E-state index contributed by atoms with van der Waals surface area (Å²) in [5, 5.41) is 19.5. The normalized spacial score (nSPS) is 14.5. The number of para-hydroxylation sites is 1. The Morgan fingerprint density at radius 3 is 2.69 bits per heavy atom. The summed E-state index contributed by atoms with van der Waals surface area (Å²) in [5.74, 6) is 0. The van der Waals surface area contributed by atoms with Gasteiger partial charge in [-0.2, -0.15) is 5.10 Å². The van der Waals surface area contributed by atoms with Crippen molar-refractivity contribution in [3.05, 3.63) is 61.1 Å². The highest BCUT2D eigenvalue weighted by molar-refractivity contribution is 7.99. The molecule has 5 aromatic rings. The smallest absolute Gasteiger partial charge is 0.202 e. The predicted molar refractivity (Wildman–Crippen MR) is 126 cm³/mol. The van der Waals surface area contributed by atoms with Crippen LogP contribution in [0.5, 0.6) is 0 Å². The fourth-order valence-corrected chi connectivity index (χ4v) is 5.00. The number of aromatic nitrogens is 6. The lowest BCUT2D eigenvalue weighted by Crippen LogP contribution is -2.43. The summed E-state index contributed by atoms with van der Waals surface area (Å²) in [4.78, 5) is 7.43. The number of rotatable bonds is 4. The molecule has 0 aliphatic carbocycles. The largest absolute Gasteiger partial charge is 0.367 e. The van der Waals surface area contributed by atoms with E-state index in [1.54, 1.807) is 16.4 Å². The maximum Gasteiger partial charge on any atom is 0.202 e. The van der Waals surface area contributed by atoms with Gasteiger partial charge in [0, 0.05) is 62.1 Å². The van der Waals surface area contributed by atoms with Crippen LogP contribution in [-0.4, -0.2) is 55.5 Å². The van der Waals surface area contributed by atoms with Gasteiger partial charge in [0.25, 0.3) is 0 Å². The Morgan fingerprint density at radius 1 is 0.969 bits per heavy atom. The summed E-state index contributed by atoms with van der Waals surface area (Å²) in [5.41, 5.74) is 5.07. The molecule has 0 atom stereocenters. The molecule has 8 nitrogen and oxygen atoms in total. The standard InChI is InChI=1S/C23H22N8S/c1-29-14-18(13-25-29)17-6-7-21-27-28-23(31(21)15-17)32-22-20(30-10-8-24-9-11-30)12-16-4-2-3-5-19(16)26-22/h2-7,12-15,24H,8-11H2,1H3. The first-order chi connectivity index (χ1) is 15.7. The molecule has 0 spiro atoms. The molecule has 1 fully saturated rings. The molecule has 32 heavy (non-hydrogen) atoms.